The van der Waals surface area contributed by atoms with Gasteiger partial charge in [0.2, 0.25) is 0 Å². The zero-order valence-electron chi connectivity index (χ0n) is 19.7. The summed E-state index contributed by atoms with van der Waals surface area (Å²) in [6.07, 6.45) is 3.55. The first-order valence-corrected chi connectivity index (χ1v) is 11.1. The highest BCUT2D eigenvalue weighted by Crippen LogP contribution is 2.27. The van der Waals surface area contributed by atoms with Crippen molar-refractivity contribution in [1.82, 2.24) is 10.6 Å². The summed E-state index contributed by atoms with van der Waals surface area (Å²) in [5, 5.41) is 5.63. The SMILES string of the molecule is CC/C(=N\C(C)OCCNC(=O)OC(C)(C)C)C1CCC(NC(=O)OC(C)C)CC1. The summed E-state index contributed by atoms with van der Waals surface area (Å²) in [4.78, 5) is 28.2. The Labute approximate surface area is 181 Å². The lowest BCUT2D eigenvalue weighted by atomic mass is 9.82. The zero-order chi connectivity index (χ0) is 22.7. The summed E-state index contributed by atoms with van der Waals surface area (Å²) in [6, 6.07) is 0.165. The number of nitrogens with one attached hydrogen (secondary N) is 2. The Balaban J connectivity index is 2.36. The number of alkyl carbamates (subject to hydrolysis) is 2. The van der Waals surface area contributed by atoms with Crippen molar-refractivity contribution in [2.24, 2.45) is 10.9 Å². The number of nitrogens with zero attached hydrogens (tertiary/aromatic N) is 1. The van der Waals surface area contributed by atoms with E-state index in [-0.39, 0.29) is 24.5 Å². The molecule has 30 heavy (non-hydrogen) atoms. The molecule has 1 aliphatic carbocycles. The van der Waals surface area contributed by atoms with Gasteiger partial charge in [-0.15, -0.1) is 0 Å². The van der Waals surface area contributed by atoms with Crippen molar-refractivity contribution in [2.45, 2.75) is 105 Å². The van der Waals surface area contributed by atoms with Crippen LogP contribution >= 0.6 is 0 Å². The molecule has 1 saturated carbocycles. The summed E-state index contributed by atoms with van der Waals surface area (Å²) in [5.41, 5.74) is 0.646. The molecule has 0 heterocycles. The Morgan fingerprint density at radius 2 is 1.70 bits per heavy atom. The van der Waals surface area contributed by atoms with E-state index in [9.17, 15) is 9.59 Å². The maximum atomic E-state index is 11.8. The number of ether oxygens (including phenoxy) is 3. The van der Waals surface area contributed by atoms with Gasteiger partial charge in [0.15, 0.2) is 0 Å². The lowest BCUT2D eigenvalue weighted by Crippen LogP contribution is -2.39. The Kier molecular flexibility index (Phi) is 11.2. The Bertz CT molecular complexity index is 564. The van der Waals surface area contributed by atoms with Crippen LogP contribution in [0.15, 0.2) is 4.99 Å². The number of carbonyl (C=O) groups excluding carboxylic acids is 2. The van der Waals surface area contributed by atoms with Gasteiger partial charge in [-0.05, 0) is 79.6 Å². The molecule has 0 aromatic heterocycles. The highest BCUT2D eigenvalue weighted by atomic mass is 16.6. The molecule has 0 saturated heterocycles. The highest BCUT2D eigenvalue weighted by molar-refractivity contribution is 5.86. The molecule has 2 N–H and O–H groups in total. The number of rotatable bonds is 9. The average Bonchev–Trinajstić information content (AvgIpc) is 2.62. The van der Waals surface area contributed by atoms with Crippen molar-refractivity contribution in [3.05, 3.63) is 0 Å². The Morgan fingerprint density at radius 1 is 1.07 bits per heavy atom. The van der Waals surface area contributed by atoms with Crippen LogP contribution in [0.4, 0.5) is 9.59 Å². The number of hydrogen-bond acceptors (Lipinski definition) is 6. The molecule has 0 aromatic carbocycles. The molecule has 174 valence electrons. The summed E-state index contributed by atoms with van der Waals surface area (Å²) in [5.74, 6) is 0.417. The van der Waals surface area contributed by atoms with Crippen molar-refractivity contribution in [3.8, 4) is 0 Å². The first kappa shape index (κ1) is 26.2. The van der Waals surface area contributed by atoms with Crippen LogP contribution in [-0.2, 0) is 14.2 Å². The highest BCUT2D eigenvalue weighted by Gasteiger charge is 2.26. The van der Waals surface area contributed by atoms with Gasteiger partial charge in [-0.3, -0.25) is 4.99 Å². The molecule has 0 aliphatic heterocycles. The molecule has 1 atom stereocenters. The number of amides is 2. The predicted octanol–water partition coefficient (Wildman–Crippen LogP) is 4.42. The molecule has 2 amide bonds. The van der Waals surface area contributed by atoms with Crippen LogP contribution in [0.5, 0.6) is 0 Å². The molecule has 0 bridgehead atoms. The maximum Gasteiger partial charge on any atom is 0.407 e. The van der Waals surface area contributed by atoms with E-state index in [1.807, 2.05) is 41.5 Å². The second-order valence-corrected chi connectivity index (χ2v) is 9.02. The van der Waals surface area contributed by atoms with Crippen molar-refractivity contribution in [1.29, 1.82) is 0 Å². The fourth-order valence-electron chi connectivity index (χ4n) is 3.44. The van der Waals surface area contributed by atoms with E-state index >= 15 is 0 Å². The van der Waals surface area contributed by atoms with E-state index in [1.54, 1.807) is 0 Å². The van der Waals surface area contributed by atoms with Gasteiger partial charge >= 0.3 is 12.2 Å². The fraction of sp³-hybridized carbons (Fsp3) is 0.864. The van der Waals surface area contributed by atoms with Crippen molar-refractivity contribution >= 4 is 17.9 Å². The number of carbonyl (C=O) groups is 2. The van der Waals surface area contributed by atoms with Gasteiger partial charge in [0, 0.05) is 18.3 Å². The molecule has 8 nitrogen and oxygen atoms in total. The van der Waals surface area contributed by atoms with Crippen molar-refractivity contribution < 1.29 is 23.8 Å². The van der Waals surface area contributed by atoms with Crippen LogP contribution in [0.2, 0.25) is 0 Å². The molecular formula is C22H41N3O5. The zero-order valence-corrected chi connectivity index (χ0v) is 19.7. The minimum Gasteiger partial charge on any atom is -0.447 e. The van der Waals surface area contributed by atoms with Crippen LogP contribution < -0.4 is 10.6 Å². The summed E-state index contributed by atoms with van der Waals surface area (Å²) in [7, 11) is 0. The molecule has 0 aromatic rings. The van der Waals surface area contributed by atoms with Gasteiger partial charge in [0.25, 0.3) is 0 Å². The fourth-order valence-corrected chi connectivity index (χ4v) is 3.44. The molecule has 1 aliphatic rings. The largest absolute Gasteiger partial charge is 0.447 e. The summed E-state index contributed by atoms with van der Waals surface area (Å²) >= 11 is 0. The lowest BCUT2D eigenvalue weighted by molar-refractivity contribution is 0.0446. The second kappa shape index (κ2) is 12.8. The topological polar surface area (TPSA) is 98.3 Å². The number of aliphatic imine (C=N–C) groups is 1. The standard InChI is InChI=1S/C22H41N3O5/c1-8-19(17-9-11-18(12-10-17)25-21(27)29-15(2)3)24-16(4)28-14-13-23-20(26)30-22(5,6)7/h15-18H,8-14H2,1-7H3,(H,23,26)(H,25,27)/b24-19+. The maximum absolute atomic E-state index is 11.8. The van der Waals surface area contributed by atoms with Gasteiger partial charge < -0.3 is 24.8 Å². The van der Waals surface area contributed by atoms with Gasteiger partial charge in [0.1, 0.15) is 11.8 Å². The molecule has 8 heteroatoms. The molecule has 1 rings (SSSR count). The lowest BCUT2D eigenvalue weighted by Gasteiger charge is -2.30. The number of hydrogen-bond donors (Lipinski definition) is 2. The molecule has 0 spiro atoms. The minimum atomic E-state index is -0.512. The third kappa shape index (κ3) is 11.4. The van der Waals surface area contributed by atoms with Crippen LogP contribution in [0, 0.1) is 5.92 Å². The summed E-state index contributed by atoms with van der Waals surface area (Å²) in [6.45, 7) is 13.9. The smallest absolute Gasteiger partial charge is 0.407 e. The molecular weight excluding hydrogens is 386 g/mol. The van der Waals surface area contributed by atoms with Crippen LogP contribution in [-0.4, -0.2) is 55.0 Å². The predicted molar refractivity (Wildman–Crippen MR) is 118 cm³/mol. The molecule has 0 radical (unpaired) electrons. The van der Waals surface area contributed by atoms with Gasteiger partial charge in [0.05, 0.1) is 12.7 Å². The normalized spacial score (nSPS) is 21.1. The third-order valence-electron chi connectivity index (χ3n) is 4.70. The van der Waals surface area contributed by atoms with E-state index in [0.29, 0.717) is 19.1 Å². The minimum absolute atomic E-state index is 0.110. The second-order valence-electron chi connectivity index (χ2n) is 9.02. The van der Waals surface area contributed by atoms with E-state index in [2.05, 4.69) is 17.6 Å². The van der Waals surface area contributed by atoms with Gasteiger partial charge in [-0.25, -0.2) is 9.59 Å². The Morgan fingerprint density at radius 3 is 2.23 bits per heavy atom. The first-order valence-electron chi connectivity index (χ1n) is 11.1. The van der Waals surface area contributed by atoms with E-state index in [4.69, 9.17) is 19.2 Å². The van der Waals surface area contributed by atoms with Crippen molar-refractivity contribution in [3.63, 3.8) is 0 Å². The third-order valence-corrected chi connectivity index (χ3v) is 4.70. The van der Waals surface area contributed by atoms with Crippen LogP contribution in [0.25, 0.3) is 0 Å². The van der Waals surface area contributed by atoms with E-state index < -0.39 is 11.7 Å². The average molecular weight is 428 g/mol. The quantitative estimate of drug-likeness (QED) is 0.419. The van der Waals surface area contributed by atoms with Crippen LogP contribution in [0.1, 0.15) is 80.6 Å². The molecule has 1 unspecified atom stereocenters. The Hall–Kier alpha value is -1.83. The van der Waals surface area contributed by atoms with Crippen LogP contribution in [0.3, 0.4) is 0 Å². The van der Waals surface area contributed by atoms with Gasteiger partial charge in [-0.2, -0.15) is 0 Å². The summed E-state index contributed by atoms with van der Waals surface area (Å²) < 4.78 is 16.1. The van der Waals surface area contributed by atoms with E-state index in [0.717, 1.165) is 37.8 Å². The first-order chi connectivity index (χ1) is 14.0. The van der Waals surface area contributed by atoms with Crippen molar-refractivity contribution in [2.75, 3.05) is 13.2 Å². The monoisotopic (exact) mass is 427 g/mol. The van der Waals surface area contributed by atoms with E-state index in [1.165, 1.54) is 0 Å². The molecule has 1 fully saturated rings. The van der Waals surface area contributed by atoms with Gasteiger partial charge in [-0.1, -0.05) is 6.92 Å².